The summed E-state index contributed by atoms with van der Waals surface area (Å²) in [4.78, 5) is -0.100. The molecule has 1 aromatic heterocycles. The third-order valence-electron chi connectivity index (χ3n) is 2.27. The number of aliphatic hydroxyl groups is 1. The molecule has 0 aliphatic heterocycles. The van der Waals surface area contributed by atoms with E-state index in [4.69, 9.17) is 21.1 Å². The highest BCUT2D eigenvalue weighted by atomic mass is 79.9. The van der Waals surface area contributed by atoms with Gasteiger partial charge < -0.3 is 9.52 Å². The maximum Gasteiger partial charge on any atom is 0.266 e. The van der Waals surface area contributed by atoms with Crippen LogP contribution in [0, 0.1) is 0 Å². The Bertz CT molecular complexity index is 698. The van der Waals surface area contributed by atoms with Crippen LogP contribution in [0.2, 0.25) is 5.02 Å². The monoisotopic (exact) mass is 365 g/mol. The summed E-state index contributed by atoms with van der Waals surface area (Å²) >= 11 is 8.88. The number of furan rings is 1. The van der Waals surface area contributed by atoms with Gasteiger partial charge in [-0.15, -0.1) is 0 Å². The van der Waals surface area contributed by atoms with Crippen molar-refractivity contribution in [1.82, 2.24) is 0 Å². The van der Waals surface area contributed by atoms with Gasteiger partial charge in [-0.3, -0.25) is 4.72 Å². The van der Waals surface area contributed by atoms with Gasteiger partial charge in [-0.05, 0) is 28.1 Å². The van der Waals surface area contributed by atoms with E-state index in [-0.39, 0.29) is 32.6 Å². The molecule has 0 aliphatic carbocycles. The number of hydrogen-bond donors (Lipinski definition) is 2. The Morgan fingerprint density at radius 1 is 1.37 bits per heavy atom. The van der Waals surface area contributed by atoms with Crippen molar-refractivity contribution in [1.29, 1.82) is 0 Å². The predicted octanol–water partition coefficient (Wildman–Crippen LogP) is 2.99. The van der Waals surface area contributed by atoms with Crippen LogP contribution in [0.3, 0.4) is 0 Å². The van der Waals surface area contributed by atoms with Crippen LogP contribution in [-0.4, -0.2) is 13.5 Å². The molecule has 0 saturated heterocycles. The highest BCUT2D eigenvalue weighted by Gasteiger charge is 2.23. The minimum absolute atomic E-state index is 0.0242. The number of benzene rings is 1. The lowest BCUT2D eigenvalue weighted by molar-refractivity contribution is 0.245. The second kappa shape index (κ2) is 5.54. The Morgan fingerprint density at radius 3 is 2.63 bits per heavy atom. The zero-order valence-corrected chi connectivity index (χ0v) is 12.6. The van der Waals surface area contributed by atoms with Crippen molar-refractivity contribution < 1.29 is 17.9 Å². The summed E-state index contributed by atoms with van der Waals surface area (Å²) in [5.41, 5.74) is 0.266. The van der Waals surface area contributed by atoms with Crippen molar-refractivity contribution in [2.45, 2.75) is 11.5 Å². The largest absolute Gasteiger partial charge is 0.450 e. The topological polar surface area (TPSA) is 79.5 Å². The summed E-state index contributed by atoms with van der Waals surface area (Å²) in [5, 5.41) is 9.21. The smallest absolute Gasteiger partial charge is 0.266 e. The van der Waals surface area contributed by atoms with E-state index < -0.39 is 10.0 Å². The molecular formula is C11H9BrClNO4S. The number of aliphatic hydroxyl groups excluding tert-OH is 1. The van der Waals surface area contributed by atoms with Crippen molar-refractivity contribution in [3.8, 4) is 0 Å². The number of anilines is 1. The molecule has 0 radical (unpaired) electrons. The van der Waals surface area contributed by atoms with Crippen LogP contribution in [-0.2, 0) is 16.6 Å². The van der Waals surface area contributed by atoms with Crippen LogP contribution >= 0.6 is 27.5 Å². The number of rotatable bonds is 4. The van der Waals surface area contributed by atoms with E-state index in [0.29, 0.717) is 0 Å². The second-order valence-electron chi connectivity index (χ2n) is 3.59. The Hall–Kier alpha value is -1.02. The molecule has 0 saturated carbocycles. The third kappa shape index (κ3) is 3.11. The molecule has 0 fully saturated rings. The molecule has 0 atom stereocenters. The van der Waals surface area contributed by atoms with Crippen molar-refractivity contribution in [3.05, 3.63) is 45.8 Å². The van der Waals surface area contributed by atoms with Crippen molar-refractivity contribution in [2.75, 3.05) is 4.72 Å². The molecule has 2 N–H and O–H groups in total. The first-order valence-electron chi connectivity index (χ1n) is 5.10. The number of para-hydroxylation sites is 1. The van der Waals surface area contributed by atoms with Gasteiger partial charge in [-0.25, -0.2) is 8.42 Å². The average Bonchev–Trinajstić information content (AvgIpc) is 2.74. The summed E-state index contributed by atoms with van der Waals surface area (Å²) in [6, 6.07) is 7.71. The van der Waals surface area contributed by atoms with Crippen LogP contribution < -0.4 is 4.72 Å². The first-order valence-corrected chi connectivity index (χ1v) is 7.76. The highest BCUT2D eigenvalue weighted by Crippen LogP contribution is 2.29. The van der Waals surface area contributed by atoms with Gasteiger partial charge >= 0.3 is 0 Å². The molecule has 0 aliphatic rings. The fourth-order valence-corrected chi connectivity index (χ4v) is 3.72. The van der Waals surface area contributed by atoms with Gasteiger partial charge in [-0.1, -0.05) is 23.7 Å². The van der Waals surface area contributed by atoms with Crippen LogP contribution in [0.4, 0.5) is 5.69 Å². The number of sulfonamides is 1. The van der Waals surface area contributed by atoms with E-state index in [1.807, 2.05) is 0 Å². The van der Waals surface area contributed by atoms with Gasteiger partial charge in [0.15, 0.2) is 4.67 Å². The van der Waals surface area contributed by atoms with Crippen molar-refractivity contribution in [3.63, 3.8) is 0 Å². The molecule has 8 heteroatoms. The van der Waals surface area contributed by atoms with Crippen molar-refractivity contribution in [2.24, 2.45) is 0 Å². The first-order chi connectivity index (χ1) is 8.94. The molecular weight excluding hydrogens is 358 g/mol. The lowest BCUT2D eigenvalue weighted by Gasteiger charge is -2.07. The Balaban J connectivity index is 2.38. The van der Waals surface area contributed by atoms with Gasteiger partial charge in [0.1, 0.15) is 17.3 Å². The van der Waals surface area contributed by atoms with Crippen LogP contribution in [0.25, 0.3) is 0 Å². The summed E-state index contributed by atoms with van der Waals surface area (Å²) in [5.74, 6) is 0.145. The van der Waals surface area contributed by atoms with Gasteiger partial charge in [-0.2, -0.15) is 0 Å². The zero-order valence-electron chi connectivity index (χ0n) is 9.43. The molecule has 0 amide bonds. The van der Waals surface area contributed by atoms with E-state index >= 15 is 0 Å². The van der Waals surface area contributed by atoms with Crippen LogP contribution in [0.1, 0.15) is 5.76 Å². The average molecular weight is 367 g/mol. The normalized spacial score (nSPS) is 11.5. The Kier molecular flexibility index (Phi) is 4.19. The number of hydrogen-bond acceptors (Lipinski definition) is 4. The lowest BCUT2D eigenvalue weighted by Crippen LogP contribution is -2.12. The molecule has 0 bridgehead atoms. The fraction of sp³-hybridized carbons (Fsp3) is 0.0909. The van der Waals surface area contributed by atoms with E-state index in [0.717, 1.165) is 0 Å². The lowest BCUT2D eigenvalue weighted by atomic mass is 10.3. The van der Waals surface area contributed by atoms with Gasteiger partial charge in [0, 0.05) is 6.07 Å². The maximum atomic E-state index is 12.2. The second-order valence-corrected chi connectivity index (χ2v) is 6.37. The first kappa shape index (κ1) is 14.4. The van der Waals surface area contributed by atoms with Crippen LogP contribution in [0.15, 0.2) is 44.3 Å². The third-order valence-corrected chi connectivity index (χ3v) is 4.82. The molecule has 1 aromatic carbocycles. The van der Waals surface area contributed by atoms with E-state index in [1.54, 1.807) is 24.3 Å². The molecule has 102 valence electrons. The quantitative estimate of drug-likeness (QED) is 0.872. The minimum atomic E-state index is -3.84. The van der Waals surface area contributed by atoms with Gasteiger partial charge in [0.05, 0.1) is 10.7 Å². The highest BCUT2D eigenvalue weighted by molar-refractivity contribution is 9.10. The number of halogens is 2. The van der Waals surface area contributed by atoms with Gasteiger partial charge in [0.25, 0.3) is 10.0 Å². The van der Waals surface area contributed by atoms with Gasteiger partial charge in [0.2, 0.25) is 0 Å². The van der Waals surface area contributed by atoms with E-state index in [1.165, 1.54) is 6.07 Å². The summed E-state index contributed by atoms with van der Waals surface area (Å²) in [6.45, 7) is -0.389. The fourth-order valence-electron chi connectivity index (χ4n) is 1.40. The SMILES string of the molecule is O=S(=O)(Nc1ccccc1Cl)c1cc(CO)oc1Br. The Labute approximate surface area is 123 Å². The molecule has 1 heterocycles. The molecule has 0 spiro atoms. The summed E-state index contributed by atoms with van der Waals surface area (Å²) in [7, 11) is -3.84. The summed E-state index contributed by atoms with van der Waals surface area (Å²) < 4.78 is 31.7. The molecule has 2 rings (SSSR count). The summed E-state index contributed by atoms with van der Waals surface area (Å²) in [6.07, 6.45) is 0. The van der Waals surface area contributed by atoms with E-state index in [2.05, 4.69) is 20.7 Å². The molecule has 19 heavy (non-hydrogen) atoms. The maximum absolute atomic E-state index is 12.2. The molecule has 2 aromatic rings. The molecule has 5 nitrogen and oxygen atoms in total. The minimum Gasteiger partial charge on any atom is -0.450 e. The Morgan fingerprint density at radius 2 is 2.05 bits per heavy atom. The standard InChI is InChI=1S/C11H9BrClNO4S/c12-11-10(5-7(6-15)18-11)19(16,17)14-9-4-2-1-3-8(9)13/h1-5,14-15H,6H2. The van der Waals surface area contributed by atoms with Crippen LogP contribution in [0.5, 0.6) is 0 Å². The molecule has 0 unspecified atom stereocenters. The van der Waals surface area contributed by atoms with Crippen molar-refractivity contribution >= 4 is 43.2 Å². The van der Waals surface area contributed by atoms with E-state index in [9.17, 15) is 8.42 Å². The predicted molar refractivity (Wildman–Crippen MR) is 74.6 cm³/mol. The number of nitrogens with one attached hydrogen (secondary N) is 1. The zero-order chi connectivity index (χ0) is 14.0.